The Labute approximate surface area is 195 Å². The zero-order chi connectivity index (χ0) is 22.3. The van der Waals surface area contributed by atoms with Gasteiger partial charge in [0.2, 0.25) is 0 Å². The minimum Gasteiger partial charge on any atom is -0.266 e. The lowest BCUT2D eigenvalue weighted by Crippen LogP contribution is -2.20. The second-order valence-corrected chi connectivity index (χ2v) is 8.04. The van der Waals surface area contributed by atoms with Gasteiger partial charge in [0.25, 0.3) is 0 Å². The molecule has 0 bridgehead atoms. The van der Waals surface area contributed by atoms with Crippen LogP contribution < -0.4 is 0 Å². The zero-order valence-corrected chi connectivity index (χ0v) is 18.4. The lowest BCUT2D eigenvalue weighted by atomic mass is 9.94. The summed E-state index contributed by atoms with van der Waals surface area (Å²) in [6.07, 6.45) is 3.87. The zero-order valence-electron chi connectivity index (χ0n) is 18.4. The summed E-state index contributed by atoms with van der Waals surface area (Å²) in [5.74, 6) is 0. The molecule has 0 aromatic heterocycles. The molecule has 0 radical (unpaired) electrons. The quantitative estimate of drug-likeness (QED) is 0.346. The molecule has 4 nitrogen and oxygen atoms in total. The van der Waals surface area contributed by atoms with Gasteiger partial charge in [0.05, 0.1) is 12.4 Å². The first-order valence-corrected chi connectivity index (χ1v) is 11.2. The van der Waals surface area contributed by atoms with Gasteiger partial charge in [-0.05, 0) is 22.3 Å². The van der Waals surface area contributed by atoms with Crippen molar-refractivity contribution in [3.05, 3.63) is 144 Å². The van der Waals surface area contributed by atoms with Crippen molar-refractivity contribution in [2.45, 2.75) is 12.1 Å². The number of hydrazone groups is 2. The van der Waals surface area contributed by atoms with Crippen LogP contribution in [0.25, 0.3) is 0 Å². The van der Waals surface area contributed by atoms with Gasteiger partial charge < -0.3 is 0 Å². The van der Waals surface area contributed by atoms with Crippen LogP contribution in [0.2, 0.25) is 0 Å². The van der Waals surface area contributed by atoms with Crippen LogP contribution in [0.15, 0.2) is 132 Å². The lowest BCUT2D eigenvalue weighted by molar-refractivity contribution is 0.233. The molecule has 0 saturated carbocycles. The SMILES string of the molecule is C(=NN1CN(N=Cc2ccccc2)C(c2ccccc2)C1c1ccccc1)c1ccccc1. The van der Waals surface area contributed by atoms with E-state index >= 15 is 0 Å². The maximum atomic E-state index is 4.93. The van der Waals surface area contributed by atoms with E-state index in [1.165, 1.54) is 11.1 Å². The largest absolute Gasteiger partial charge is 0.266 e. The van der Waals surface area contributed by atoms with E-state index in [1.807, 2.05) is 48.8 Å². The maximum Gasteiger partial charge on any atom is 0.125 e. The molecular weight excluding hydrogens is 404 g/mol. The van der Waals surface area contributed by atoms with E-state index in [4.69, 9.17) is 10.2 Å². The molecule has 1 fully saturated rings. The highest BCUT2D eigenvalue weighted by Gasteiger charge is 2.41. The van der Waals surface area contributed by atoms with Crippen LogP contribution in [-0.2, 0) is 0 Å². The van der Waals surface area contributed by atoms with Crippen molar-refractivity contribution >= 4 is 12.4 Å². The summed E-state index contributed by atoms with van der Waals surface area (Å²) in [6.45, 7) is 0.589. The molecule has 1 aliphatic heterocycles. The molecule has 162 valence electrons. The first-order chi connectivity index (χ1) is 16.4. The van der Waals surface area contributed by atoms with Gasteiger partial charge in [-0.25, -0.2) is 0 Å². The molecule has 4 heteroatoms. The second kappa shape index (κ2) is 9.96. The van der Waals surface area contributed by atoms with Gasteiger partial charge in [0.15, 0.2) is 0 Å². The highest BCUT2D eigenvalue weighted by molar-refractivity contribution is 5.79. The van der Waals surface area contributed by atoms with E-state index < -0.39 is 0 Å². The molecular formula is C29H26N4. The van der Waals surface area contributed by atoms with Crippen LogP contribution in [-0.4, -0.2) is 29.1 Å². The molecule has 0 N–H and O–H groups in total. The Balaban J connectivity index is 1.55. The number of hydrogen-bond acceptors (Lipinski definition) is 4. The Bertz CT molecular complexity index is 1090. The topological polar surface area (TPSA) is 31.2 Å². The lowest BCUT2D eigenvalue weighted by Gasteiger charge is -2.26. The average Bonchev–Trinajstić information content (AvgIpc) is 3.27. The average molecular weight is 431 g/mol. The Kier molecular flexibility index (Phi) is 6.25. The van der Waals surface area contributed by atoms with Gasteiger partial charge in [-0.2, -0.15) is 10.2 Å². The van der Waals surface area contributed by atoms with Gasteiger partial charge in [0, 0.05) is 0 Å². The molecule has 4 aromatic carbocycles. The number of hydrogen-bond donors (Lipinski definition) is 0. The Morgan fingerprint density at radius 2 is 0.818 bits per heavy atom. The van der Waals surface area contributed by atoms with Gasteiger partial charge in [0.1, 0.15) is 18.8 Å². The van der Waals surface area contributed by atoms with Crippen LogP contribution in [0.5, 0.6) is 0 Å². The number of rotatable bonds is 6. The fourth-order valence-electron chi connectivity index (χ4n) is 4.24. The Morgan fingerprint density at radius 1 is 0.485 bits per heavy atom. The molecule has 5 rings (SSSR count). The summed E-state index contributed by atoms with van der Waals surface area (Å²) in [6, 6.07) is 41.7. The normalized spacial score (nSPS) is 18.4. The van der Waals surface area contributed by atoms with Gasteiger partial charge in [-0.15, -0.1) is 0 Å². The van der Waals surface area contributed by atoms with Crippen molar-refractivity contribution in [1.29, 1.82) is 0 Å². The summed E-state index contributed by atoms with van der Waals surface area (Å²) in [7, 11) is 0. The molecule has 1 saturated heterocycles. The summed E-state index contributed by atoms with van der Waals surface area (Å²) >= 11 is 0. The molecule has 1 heterocycles. The molecule has 33 heavy (non-hydrogen) atoms. The van der Waals surface area contributed by atoms with E-state index in [0.717, 1.165) is 11.1 Å². The molecule has 1 aliphatic rings. The highest BCUT2D eigenvalue weighted by Crippen LogP contribution is 2.44. The molecule has 2 atom stereocenters. The monoisotopic (exact) mass is 430 g/mol. The van der Waals surface area contributed by atoms with Crippen molar-refractivity contribution in [1.82, 2.24) is 10.0 Å². The van der Waals surface area contributed by atoms with Crippen molar-refractivity contribution < 1.29 is 0 Å². The standard InChI is InChI=1S/C29H26N4/c1-5-13-24(14-6-1)21-30-32-23-33(31-22-25-15-7-2-8-16-25)29(27-19-11-4-12-20-27)28(32)26-17-9-3-10-18-26/h1-22,28-29H,23H2. The molecule has 2 unspecified atom stereocenters. The molecule has 0 spiro atoms. The third-order valence-electron chi connectivity index (χ3n) is 5.82. The summed E-state index contributed by atoms with van der Waals surface area (Å²) < 4.78 is 0. The van der Waals surface area contributed by atoms with Crippen LogP contribution in [0.1, 0.15) is 34.3 Å². The van der Waals surface area contributed by atoms with E-state index in [-0.39, 0.29) is 12.1 Å². The van der Waals surface area contributed by atoms with E-state index in [9.17, 15) is 0 Å². The first-order valence-electron chi connectivity index (χ1n) is 11.2. The predicted octanol–water partition coefficient (Wildman–Crippen LogP) is 6.11. The third-order valence-corrected chi connectivity index (χ3v) is 5.82. The fourth-order valence-corrected chi connectivity index (χ4v) is 4.24. The highest BCUT2D eigenvalue weighted by atomic mass is 15.7. The predicted molar refractivity (Wildman–Crippen MR) is 135 cm³/mol. The molecule has 0 aliphatic carbocycles. The molecule has 4 aromatic rings. The Morgan fingerprint density at radius 3 is 1.18 bits per heavy atom. The van der Waals surface area contributed by atoms with Crippen LogP contribution in [0.3, 0.4) is 0 Å². The van der Waals surface area contributed by atoms with Crippen LogP contribution in [0.4, 0.5) is 0 Å². The van der Waals surface area contributed by atoms with E-state index in [0.29, 0.717) is 6.67 Å². The Hall–Kier alpha value is -4.18. The maximum absolute atomic E-state index is 4.93. The van der Waals surface area contributed by atoms with E-state index in [1.54, 1.807) is 0 Å². The number of nitrogens with zero attached hydrogens (tertiary/aromatic N) is 4. The first kappa shape index (κ1) is 20.7. The summed E-state index contributed by atoms with van der Waals surface area (Å²) in [4.78, 5) is 0. The third kappa shape index (κ3) is 4.85. The second-order valence-electron chi connectivity index (χ2n) is 8.04. The number of benzene rings is 4. The summed E-state index contributed by atoms with van der Waals surface area (Å²) in [5.41, 5.74) is 4.58. The van der Waals surface area contributed by atoms with Gasteiger partial charge in [-0.3, -0.25) is 10.0 Å². The van der Waals surface area contributed by atoms with Gasteiger partial charge in [-0.1, -0.05) is 121 Å². The minimum absolute atomic E-state index is 0.0292. The van der Waals surface area contributed by atoms with Crippen molar-refractivity contribution in [3.63, 3.8) is 0 Å². The minimum atomic E-state index is 0.0292. The van der Waals surface area contributed by atoms with Crippen molar-refractivity contribution in [2.75, 3.05) is 6.67 Å². The van der Waals surface area contributed by atoms with Crippen LogP contribution >= 0.6 is 0 Å². The van der Waals surface area contributed by atoms with Crippen LogP contribution in [0, 0.1) is 0 Å². The van der Waals surface area contributed by atoms with Crippen molar-refractivity contribution in [3.8, 4) is 0 Å². The smallest absolute Gasteiger partial charge is 0.125 e. The summed E-state index contributed by atoms with van der Waals surface area (Å²) in [5, 5.41) is 14.1. The fraction of sp³-hybridized carbons (Fsp3) is 0.103. The van der Waals surface area contributed by atoms with Gasteiger partial charge >= 0.3 is 0 Å². The van der Waals surface area contributed by atoms with E-state index in [2.05, 4.69) is 94.9 Å². The molecule has 0 amide bonds. The van der Waals surface area contributed by atoms with Crippen molar-refractivity contribution in [2.24, 2.45) is 10.2 Å².